The van der Waals surface area contributed by atoms with Gasteiger partial charge in [-0.3, -0.25) is 14.7 Å². The van der Waals surface area contributed by atoms with Gasteiger partial charge in [-0.2, -0.15) is 0 Å². The quantitative estimate of drug-likeness (QED) is 0.666. The molecule has 1 aliphatic heterocycles. The van der Waals surface area contributed by atoms with E-state index in [1.54, 1.807) is 4.90 Å². The lowest BCUT2D eigenvalue weighted by Crippen LogP contribution is -2.47. The van der Waals surface area contributed by atoms with Gasteiger partial charge in [-0.25, -0.2) is 0 Å². The number of hydrogen-bond donors (Lipinski definition) is 1. The lowest BCUT2D eigenvalue weighted by atomic mass is 10.0. The smallest absolute Gasteiger partial charge is 0.245 e. The summed E-state index contributed by atoms with van der Waals surface area (Å²) in [4.78, 5) is 17.5. The Morgan fingerprint density at radius 2 is 2.23 bits per heavy atom. The summed E-state index contributed by atoms with van der Waals surface area (Å²) in [7, 11) is 0. The summed E-state index contributed by atoms with van der Waals surface area (Å²) in [6.45, 7) is 7.14. The third-order valence-electron chi connectivity index (χ3n) is 2.32. The summed E-state index contributed by atoms with van der Waals surface area (Å²) < 4.78 is 0. The molecule has 0 fully saturated rings. The summed E-state index contributed by atoms with van der Waals surface area (Å²) in [5, 5.41) is 0. The molecular formula is C9H17N3O. The van der Waals surface area contributed by atoms with Crippen molar-refractivity contribution in [3.05, 3.63) is 0 Å². The second-order valence-corrected chi connectivity index (χ2v) is 3.69. The van der Waals surface area contributed by atoms with Crippen LogP contribution in [-0.2, 0) is 4.79 Å². The molecule has 0 radical (unpaired) electrons. The van der Waals surface area contributed by atoms with Crippen molar-refractivity contribution in [3.63, 3.8) is 0 Å². The molecule has 1 amide bonds. The molecule has 0 aromatic carbocycles. The van der Waals surface area contributed by atoms with Crippen molar-refractivity contribution >= 4 is 11.7 Å². The second kappa shape index (κ2) is 3.87. The van der Waals surface area contributed by atoms with Crippen molar-refractivity contribution in [2.75, 3.05) is 13.1 Å². The normalized spacial score (nSPS) is 19.2. The largest absolute Gasteiger partial charge is 0.320 e. The number of amides is 1. The van der Waals surface area contributed by atoms with Crippen LogP contribution in [0.4, 0.5) is 0 Å². The van der Waals surface area contributed by atoms with E-state index >= 15 is 0 Å². The molecule has 0 spiro atoms. The highest BCUT2D eigenvalue weighted by Gasteiger charge is 2.26. The van der Waals surface area contributed by atoms with Crippen LogP contribution < -0.4 is 5.73 Å². The molecule has 0 saturated carbocycles. The lowest BCUT2D eigenvalue weighted by molar-refractivity contribution is -0.129. The van der Waals surface area contributed by atoms with Crippen molar-refractivity contribution < 1.29 is 4.79 Å². The van der Waals surface area contributed by atoms with E-state index in [4.69, 9.17) is 5.73 Å². The molecule has 2 N–H and O–H groups in total. The van der Waals surface area contributed by atoms with Crippen molar-refractivity contribution in [3.8, 4) is 0 Å². The maximum absolute atomic E-state index is 11.7. The Kier molecular flexibility index (Phi) is 3.03. The van der Waals surface area contributed by atoms with Crippen LogP contribution in [0.15, 0.2) is 4.99 Å². The molecule has 1 aliphatic rings. The molecule has 1 heterocycles. The summed E-state index contributed by atoms with van der Waals surface area (Å²) in [6, 6.07) is -0.400. The summed E-state index contributed by atoms with van der Waals surface area (Å²) in [5.74, 6) is 0.968. The second-order valence-electron chi connectivity index (χ2n) is 3.69. The maximum atomic E-state index is 11.7. The molecule has 1 unspecified atom stereocenters. The SMILES string of the molecule is CC1=NCCN1C(=O)C(N)C(C)C. The van der Waals surface area contributed by atoms with E-state index < -0.39 is 6.04 Å². The van der Waals surface area contributed by atoms with Crippen molar-refractivity contribution in [2.45, 2.75) is 26.8 Å². The fraction of sp³-hybridized carbons (Fsp3) is 0.778. The molecule has 0 aliphatic carbocycles. The lowest BCUT2D eigenvalue weighted by Gasteiger charge is -2.22. The molecule has 0 aromatic rings. The minimum absolute atomic E-state index is 0.00579. The molecule has 0 aromatic heterocycles. The van der Waals surface area contributed by atoms with Crippen LogP contribution in [0.3, 0.4) is 0 Å². The number of amidine groups is 1. The van der Waals surface area contributed by atoms with Crippen LogP contribution >= 0.6 is 0 Å². The van der Waals surface area contributed by atoms with Gasteiger partial charge in [0.05, 0.1) is 12.6 Å². The van der Waals surface area contributed by atoms with Gasteiger partial charge in [-0.05, 0) is 12.8 Å². The highest BCUT2D eigenvalue weighted by Crippen LogP contribution is 2.07. The average Bonchev–Trinajstić information content (AvgIpc) is 2.48. The first-order chi connectivity index (χ1) is 6.04. The monoisotopic (exact) mass is 183 g/mol. The predicted molar refractivity (Wildman–Crippen MR) is 52.5 cm³/mol. The van der Waals surface area contributed by atoms with Gasteiger partial charge in [-0.15, -0.1) is 0 Å². The highest BCUT2D eigenvalue weighted by atomic mass is 16.2. The highest BCUT2D eigenvalue weighted by molar-refractivity contribution is 6.00. The molecule has 0 bridgehead atoms. The van der Waals surface area contributed by atoms with E-state index in [0.29, 0.717) is 13.1 Å². The number of rotatable bonds is 2. The van der Waals surface area contributed by atoms with E-state index in [-0.39, 0.29) is 11.8 Å². The van der Waals surface area contributed by atoms with Crippen molar-refractivity contribution in [1.29, 1.82) is 0 Å². The van der Waals surface area contributed by atoms with Gasteiger partial charge in [0.15, 0.2) is 0 Å². The molecule has 1 atom stereocenters. The average molecular weight is 183 g/mol. The third-order valence-corrected chi connectivity index (χ3v) is 2.32. The Labute approximate surface area is 78.8 Å². The van der Waals surface area contributed by atoms with E-state index in [9.17, 15) is 4.79 Å². The molecule has 1 rings (SSSR count). The molecule has 13 heavy (non-hydrogen) atoms. The van der Waals surface area contributed by atoms with Crippen LogP contribution in [0.2, 0.25) is 0 Å². The van der Waals surface area contributed by atoms with Crippen molar-refractivity contribution in [1.82, 2.24) is 4.90 Å². The number of carbonyl (C=O) groups is 1. The molecule has 0 saturated heterocycles. The maximum Gasteiger partial charge on any atom is 0.245 e. The molecular weight excluding hydrogens is 166 g/mol. The zero-order valence-electron chi connectivity index (χ0n) is 8.45. The zero-order chi connectivity index (χ0) is 10.0. The number of aliphatic imine (C=N–C) groups is 1. The van der Waals surface area contributed by atoms with E-state index in [1.165, 1.54) is 0 Å². The number of carbonyl (C=O) groups excluding carboxylic acids is 1. The Morgan fingerprint density at radius 1 is 1.62 bits per heavy atom. The van der Waals surface area contributed by atoms with Crippen LogP contribution in [0.5, 0.6) is 0 Å². The minimum Gasteiger partial charge on any atom is -0.320 e. The molecule has 74 valence electrons. The van der Waals surface area contributed by atoms with E-state index in [1.807, 2.05) is 20.8 Å². The predicted octanol–water partition coefficient (Wildman–Crippen LogP) is 0.230. The van der Waals surface area contributed by atoms with E-state index in [0.717, 1.165) is 5.84 Å². The number of nitrogens with zero attached hydrogens (tertiary/aromatic N) is 2. The Balaban J connectivity index is 2.63. The van der Waals surface area contributed by atoms with Gasteiger partial charge in [0.2, 0.25) is 5.91 Å². The van der Waals surface area contributed by atoms with Gasteiger partial charge in [0, 0.05) is 6.54 Å². The summed E-state index contributed by atoms with van der Waals surface area (Å²) >= 11 is 0. The van der Waals surface area contributed by atoms with Gasteiger partial charge in [0.25, 0.3) is 0 Å². The third kappa shape index (κ3) is 2.06. The number of nitrogens with two attached hydrogens (primary N) is 1. The summed E-state index contributed by atoms with van der Waals surface area (Å²) in [6.07, 6.45) is 0. The van der Waals surface area contributed by atoms with Gasteiger partial charge in [0.1, 0.15) is 5.84 Å². The first-order valence-corrected chi connectivity index (χ1v) is 4.62. The van der Waals surface area contributed by atoms with E-state index in [2.05, 4.69) is 4.99 Å². The standard InChI is InChI=1S/C9H17N3O/c1-6(2)8(10)9(13)12-5-4-11-7(12)3/h6,8H,4-5,10H2,1-3H3. The fourth-order valence-corrected chi connectivity index (χ4v) is 1.29. The van der Waals surface area contributed by atoms with Gasteiger partial charge in [-0.1, -0.05) is 13.8 Å². The summed E-state index contributed by atoms with van der Waals surface area (Å²) in [5.41, 5.74) is 5.76. The Morgan fingerprint density at radius 3 is 2.62 bits per heavy atom. The van der Waals surface area contributed by atoms with Gasteiger partial charge >= 0.3 is 0 Å². The number of hydrogen-bond acceptors (Lipinski definition) is 3. The first kappa shape index (κ1) is 10.2. The van der Waals surface area contributed by atoms with Crippen LogP contribution in [0, 0.1) is 5.92 Å². The van der Waals surface area contributed by atoms with Crippen LogP contribution in [0.1, 0.15) is 20.8 Å². The minimum atomic E-state index is -0.400. The fourth-order valence-electron chi connectivity index (χ4n) is 1.29. The Bertz CT molecular complexity index is 235. The topological polar surface area (TPSA) is 58.7 Å². The van der Waals surface area contributed by atoms with Crippen LogP contribution in [0.25, 0.3) is 0 Å². The van der Waals surface area contributed by atoms with Gasteiger partial charge < -0.3 is 5.73 Å². The first-order valence-electron chi connectivity index (χ1n) is 4.62. The molecule has 4 nitrogen and oxygen atoms in total. The van der Waals surface area contributed by atoms with Crippen molar-refractivity contribution in [2.24, 2.45) is 16.6 Å². The Hall–Kier alpha value is -0.900. The molecule has 4 heteroatoms. The zero-order valence-corrected chi connectivity index (χ0v) is 8.45. The van der Waals surface area contributed by atoms with Crippen LogP contribution in [-0.4, -0.2) is 35.8 Å².